The standard InChI is InChI=1S/C6H7N5O/c1-3-2-4-9-10-6(12)11(4)5(7)8-3/h2H,1H3,(H2,7,8)(H,10,12). The molecule has 12 heavy (non-hydrogen) atoms. The van der Waals surface area contributed by atoms with Gasteiger partial charge in [-0.15, -0.1) is 0 Å². The summed E-state index contributed by atoms with van der Waals surface area (Å²) in [5.74, 6) is 0.156. The number of hydrogen-bond acceptors (Lipinski definition) is 4. The summed E-state index contributed by atoms with van der Waals surface area (Å²) < 4.78 is 1.22. The molecule has 2 aromatic heterocycles. The fourth-order valence-electron chi connectivity index (χ4n) is 1.08. The number of nitrogens with two attached hydrogens (primary N) is 1. The molecule has 0 aromatic carbocycles. The van der Waals surface area contributed by atoms with Crippen molar-refractivity contribution in [2.24, 2.45) is 0 Å². The van der Waals surface area contributed by atoms with Gasteiger partial charge in [0.15, 0.2) is 5.65 Å². The van der Waals surface area contributed by atoms with Crippen LogP contribution in [0, 0.1) is 6.92 Å². The summed E-state index contributed by atoms with van der Waals surface area (Å²) >= 11 is 0. The van der Waals surface area contributed by atoms with E-state index in [1.807, 2.05) is 0 Å². The molecule has 0 unspecified atom stereocenters. The predicted molar refractivity (Wildman–Crippen MR) is 42.8 cm³/mol. The summed E-state index contributed by atoms with van der Waals surface area (Å²) in [4.78, 5) is 15.0. The molecule has 3 N–H and O–H groups in total. The quantitative estimate of drug-likeness (QED) is 0.540. The van der Waals surface area contributed by atoms with Crippen molar-refractivity contribution in [1.82, 2.24) is 19.6 Å². The van der Waals surface area contributed by atoms with Crippen LogP contribution in [0.4, 0.5) is 5.95 Å². The molecule has 0 spiro atoms. The lowest BCUT2D eigenvalue weighted by Crippen LogP contribution is -2.14. The van der Waals surface area contributed by atoms with E-state index in [1.54, 1.807) is 13.0 Å². The number of fused-ring (bicyclic) bond motifs is 1. The van der Waals surface area contributed by atoms with E-state index in [4.69, 9.17) is 5.73 Å². The molecule has 2 rings (SSSR count). The van der Waals surface area contributed by atoms with Crippen LogP contribution in [-0.4, -0.2) is 19.6 Å². The molecule has 0 amide bonds. The molecular weight excluding hydrogens is 158 g/mol. The molecule has 6 nitrogen and oxygen atoms in total. The van der Waals surface area contributed by atoms with Gasteiger partial charge in [-0.05, 0) is 6.92 Å². The van der Waals surface area contributed by atoms with E-state index < -0.39 is 0 Å². The number of hydrogen-bond donors (Lipinski definition) is 2. The van der Waals surface area contributed by atoms with Crippen LogP contribution >= 0.6 is 0 Å². The lowest BCUT2D eigenvalue weighted by atomic mass is 10.4. The van der Waals surface area contributed by atoms with Gasteiger partial charge in [0.1, 0.15) is 0 Å². The normalized spacial score (nSPS) is 10.8. The Bertz CT molecular complexity index is 482. The fraction of sp³-hybridized carbons (Fsp3) is 0.167. The minimum atomic E-state index is -0.366. The van der Waals surface area contributed by atoms with E-state index in [2.05, 4.69) is 15.2 Å². The predicted octanol–water partition coefficient (Wildman–Crippen LogP) is -0.692. The van der Waals surface area contributed by atoms with Crippen molar-refractivity contribution in [3.8, 4) is 0 Å². The van der Waals surface area contributed by atoms with Gasteiger partial charge >= 0.3 is 5.69 Å². The zero-order chi connectivity index (χ0) is 8.72. The van der Waals surface area contributed by atoms with Gasteiger partial charge in [0.2, 0.25) is 5.95 Å². The SMILES string of the molecule is Cc1cc2n[nH]c(=O)n2c(N)n1. The summed E-state index contributed by atoms with van der Waals surface area (Å²) in [7, 11) is 0. The minimum Gasteiger partial charge on any atom is -0.369 e. The van der Waals surface area contributed by atoms with Crippen molar-refractivity contribution in [1.29, 1.82) is 0 Å². The van der Waals surface area contributed by atoms with Crippen LogP contribution in [0.2, 0.25) is 0 Å². The Morgan fingerprint density at radius 1 is 1.67 bits per heavy atom. The number of nitrogen functional groups attached to an aromatic ring is 1. The number of aromatic nitrogens is 4. The van der Waals surface area contributed by atoms with E-state index >= 15 is 0 Å². The maximum Gasteiger partial charge on any atom is 0.350 e. The number of nitrogens with zero attached hydrogens (tertiary/aromatic N) is 3. The molecule has 62 valence electrons. The van der Waals surface area contributed by atoms with Gasteiger partial charge in [-0.1, -0.05) is 0 Å². The number of rotatable bonds is 0. The zero-order valence-corrected chi connectivity index (χ0v) is 6.40. The molecule has 0 bridgehead atoms. The molecule has 6 heteroatoms. The molecule has 0 radical (unpaired) electrons. The summed E-state index contributed by atoms with van der Waals surface area (Å²) in [5.41, 5.74) is 6.35. The highest BCUT2D eigenvalue weighted by molar-refractivity contribution is 5.43. The van der Waals surface area contributed by atoms with E-state index in [-0.39, 0.29) is 11.6 Å². The molecule has 0 aliphatic heterocycles. The first-order chi connectivity index (χ1) is 5.68. The van der Waals surface area contributed by atoms with Gasteiger partial charge < -0.3 is 5.73 Å². The fourth-order valence-corrected chi connectivity index (χ4v) is 1.08. The second-order valence-electron chi connectivity index (χ2n) is 2.48. The smallest absolute Gasteiger partial charge is 0.350 e. The van der Waals surface area contributed by atoms with Crippen LogP contribution in [0.3, 0.4) is 0 Å². The summed E-state index contributed by atoms with van der Waals surface area (Å²) in [6, 6.07) is 1.67. The average molecular weight is 165 g/mol. The lowest BCUT2D eigenvalue weighted by Gasteiger charge is -1.96. The molecule has 0 saturated heterocycles. The highest BCUT2D eigenvalue weighted by Gasteiger charge is 2.04. The van der Waals surface area contributed by atoms with Crippen molar-refractivity contribution < 1.29 is 0 Å². The van der Waals surface area contributed by atoms with Crippen LogP contribution in [0.15, 0.2) is 10.9 Å². The van der Waals surface area contributed by atoms with E-state index in [0.717, 1.165) is 5.69 Å². The first kappa shape index (κ1) is 6.84. The van der Waals surface area contributed by atoms with Crippen LogP contribution in [-0.2, 0) is 0 Å². The second kappa shape index (κ2) is 2.07. The highest BCUT2D eigenvalue weighted by atomic mass is 16.1. The Hall–Kier alpha value is -1.85. The van der Waals surface area contributed by atoms with Gasteiger partial charge in [0.05, 0.1) is 0 Å². The van der Waals surface area contributed by atoms with E-state index in [1.165, 1.54) is 4.40 Å². The maximum absolute atomic E-state index is 11.0. The Balaban J connectivity index is 3.03. The summed E-state index contributed by atoms with van der Waals surface area (Å²) in [5, 5.41) is 6.03. The third-order valence-electron chi connectivity index (χ3n) is 1.56. The zero-order valence-electron chi connectivity index (χ0n) is 6.40. The maximum atomic E-state index is 11.0. The Labute approximate surface area is 67.0 Å². The lowest BCUT2D eigenvalue weighted by molar-refractivity contribution is 0.999. The third-order valence-corrected chi connectivity index (χ3v) is 1.56. The van der Waals surface area contributed by atoms with Crippen molar-refractivity contribution in [2.75, 3.05) is 5.73 Å². The average Bonchev–Trinajstić information content (AvgIpc) is 2.31. The van der Waals surface area contributed by atoms with Gasteiger partial charge in [-0.2, -0.15) is 5.10 Å². The molecule has 2 aromatic rings. The van der Waals surface area contributed by atoms with E-state index in [0.29, 0.717) is 5.65 Å². The van der Waals surface area contributed by atoms with Crippen molar-refractivity contribution >= 4 is 11.6 Å². The van der Waals surface area contributed by atoms with Crippen LogP contribution in [0.1, 0.15) is 5.69 Å². The van der Waals surface area contributed by atoms with E-state index in [9.17, 15) is 4.79 Å². The monoisotopic (exact) mass is 165 g/mol. The van der Waals surface area contributed by atoms with Gasteiger partial charge in [0.25, 0.3) is 0 Å². The molecule has 2 heterocycles. The number of H-pyrrole nitrogens is 1. The first-order valence-electron chi connectivity index (χ1n) is 3.39. The largest absolute Gasteiger partial charge is 0.369 e. The van der Waals surface area contributed by atoms with Crippen molar-refractivity contribution in [3.05, 3.63) is 22.2 Å². The van der Waals surface area contributed by atoms with Crippen LogP contribution in [0.5, 0.6) is 0 Å². The summed E-state index contributed by atoms with van der Waals surface area (Å²) in [6.07, 6.45) is 0. The topological polar surface area (TPSA) is 89.1 Å². The first-order valence-corrected chi connectivity index (χ1v) is 3.39. The highest BCUT2D eigenvalue weighted by Crippen LogP contribution is 2.02. The molecule has 0 aliphatic carbocycles. The number of aryl methyl sites for hydroxylation is 1. The van der Waals surface area contributed by atoms with Crippen LogP contribution in [0.25, 0.3) is 5.65 Å². The number of anilines is 1. The molecule has 0 aliphatic rings. The van der Waals surface area contributed by atoms with Gasteiger partial charge in [-0.25, -0.2) is 19.3 Å². The van der Waals surface area contributed by atoms with Crippen molar-refractivity contribution in [2.45, 2.75) is 6.92 Å². The Morgan fingerprint density at radius 3 is 3.17 bits per heavy atom. The molecular formula is C6H7N5O. The molecule has 0 saturated carbocycles. The number of aromatic amines is 1. The van der Waals surface area contributed by atoms with Gasteiger partial charge in [-0.3, -0.25) is 0 Å². The molecule has 0 atom stereocenters. The summed E-state index contributed by atoms with van der Waals surface area (Å²) in [6.45, 7) is 1.79. The second-order valence-corrected chi connectivity index (χ2v) is 2.48. The molecule has 0 fully saturated rings. The minimum absolute atomic E-state index is 0.156. The van der Waals surface area contributed by atoms with Crippen LogP contribution < -0.4 is 11.4 Å². The Kier molecular flexibility index (Phi) is 1.18. The van der Waals surface area contributed by atoms with Gasteiger partial charge in [0, 0.05) is 11.8 Å². The van der Waals surface area contributed by atoms with Crippen molar-refractivity contribution in [3.63, 3.8) is 0 Å². The third kappa shape index (κ3) is 0.777. The Morgan fingerprint density at radius 2 is 2.42 bits per heavy atom. The number of nitrogens with one attached hydrogen (secondary N) is 1.